The van der Waals surface area contributed by atoms with E-state index in [1.165, 1.54) is 19.2 Å². The van der Waals surface area contributed by atoms with Gasteiger partial charge in [0.15, 0.2) is 17.8 Å². The largest absolute Gasteiger partial charge is 0.492 e. The van der Waals surface area contributed by atoms with Crippen molar-refractivity contribution in [3.63, 3.8) is 0 Å². The topological polar surface area (TPSA) is 35.5 Å². The molecule has 0 heterocycles. The van der Waals surface area contributed by atoms with Crippen LogP contribution >= 0.6 is 0 Å². The van der Waals surface area contributed by atoms with Crippen LogP contribution in [0, 0.1) is 5.82 Å². The van der Waals surface area contributed by atoms with E-state index in [1.54, 1.807) is 0 Å². The van der Waals surface area contributed by atoms with E-state index >= 15 is 0 Å². The first-order valence-corrected chi connectivity index (χ1v) is 5.41. The minimum absolute atomic E-state index is 0.0335. The molecule has 1 aromatic rings. The summed E-state index contributed by atoms with van der Waals surface area (Å²) < 4.78 is 24.0. The van der Waals surface area contributed by atoms with Crippen LogP contribution in [0.3, 0.4) is 0 Å². The summed E-state index contributed by atoms with van der Waals surface area (Å²) in [5, 5.41) is 0. The van der Waals surface area contributed by atoms with Gasteiger partial charge in [0.2, 0.25) is 0 Å². The summed E-state index contributed by atoms with van der Waals surface area (Å²) in [6, 6.07) is 2.69. The first kappa shape index (κ1) is 11.6. The molecule has 0 aliphatic heterocycles. The highest BCUT2D eigenvalue weighted by atomic mass is 19.1. The van der Waals surface area contributed by atoms with Gasteiger partial charge < -0.3 is 9.47 Å². The van der Waals surface area contributed by atoms with Crippen molar-refractivity contribution < 1.29 is 18.7 Å². The molecule has 4 heteroatoms. The monoisotopic (exact) mass is 236 g/mol. The van der Waals surface area contributed by atoms with Crippen molar-refractivity contribution in [2.45, 2.75) is 18.9 Å². The number of halogens is 1. The maximum Gasteiger partial charge on any atom is 0.174 e. The molecule has 1 atom stereocenters. The van der Waals surface area contributed by atoms with Crippen molar-refractivity contribution in [2.24, 2.45) is 0 Å². The molecule has 0 amide bonds. The number of aldehydes is 1. The Balaban J connectivity index is 2.32. The van der Waals surface area contributed by atoms with Crippen molar-refractivity contribution in [3.05, 3.63) is 35.7 Å². The summed E-state index contributed by atoms with van der Waals surface area (Å²) in [5.74, 6) is -0.0565. The molecule has 1 aliphatic carbocycles. The lowest BCUT2D eigenvalue weighted by molar-refractivity contribution is 0.111. The number of allylic oxidation sites excluding steroid dienone is 1. The Morgan fingerprint density at radius 1 is 1.47 bits per heavy atom. The molecule has 0 aromatic heterocycles. The third-order valence-corrected chi connectivity index (χ3v) is 2.68. The van der Waals surface area contributed by atoms with Crippen LogP contribution in [0.25, 0.3) is 0 Å². The highest BCUT2D eigenvalue weighted by Gasteiger charge is 2.18. The lowest BCUT2D eigenvalue weighted by Gasteiger charge is -2.16. The van der Waals surface area contributed by atoms with Crippen LogP contribution in [0.5, 0.6) is 11.5 Å². The predicted octanol–water partition coefficient (Wildman–Crippen LogP) is 2.74. The molecule has 0 fully saturated rings. The van der Waals surface area contributed by atoms with Crippen molar-refractivity contribution >= 4 is 6.29 Å². The lowest BCUT2D eigenvalue weighted by atomic mass is 10.2. The van der Waals surface area contributed by atoms with Gasteiger partial charge in [-0.3, -0.25) is 4.79 Å². The van der Waals surface area contributed by atoms with Gasteiger partial charge in [0.1, 0.15) is 11.9 Å². The third kappa shape index (κ3) is 2.30. The maximum atomic E-state index is 13.4. The predicted molar refractivity (Wildman–Crippen MR) is 61.1 cm³/mol. The SMILES string of the molecule is COc1c(OC2C=CCC2)ccc(F)c1C=O. The van der Waals surface area contributed by atoms with E-state index in [4.69, 9.17) is 9.47 Å². The fourth-order valence-electron chi connectivity index (χ4n) is 1.83. The normalized spacial score (nSPS) is 18.1. The van der Waals surface area contributed by atoms with Gasteiger partial charge >= 0.3 is 0 Å². The van der Waals surface area contributed by atoms with E-state index in [1.807, 2.05) is 12.2 Å². The van der Waals surface area contributed by atoms with E-state index in [9.17, 15) is 9.18 Å². The smallest absolute Gasteiger partial charge is 0.174 e. The number of benzene rings is 1. The Bertz CT molecular complexity index is 454. The van der Waals surface area contributed by atoms with E-state index < -0.39 is 5.82 Å². The minimum atomic E-state index is -0.605. The van der Waals surface area contributed by atoms with Gasteiger partial charge in [-0.15, -0.1) is 0 Å². The van der Waals surface area contributed by atoms with Gasteiger partial charge in [-0.05, 0) is 31.1 Å². The van der Waals surface area contributed by atoms with Gasteiger partial charge in [0, 0.05) is 0 Å². The zero-order chi connectivity index (χ0) is 12.3. The van der Waals surface area contributed by atoms with E-state index in [2.05, 4.69) is 0 Å². The molecular weight excluding hydrogens is 223 g/mol. The van der Waals surface area contributed by atoms with Gasteiger partial charge in [-0.2, -0.15) is 0 Å². The summed E-state index contributed by atoms with van der Waals surface area (Å²) in [4.78, 5) is 10.8. The Labute approximate surface area is 98.8 Å². The molecular formula is C13H13FO3. The molecule has 1 unspecified atom stereocenters. The average molecular weight is 236 g/mol. The molecule has 3 nitrogen and oxygen atoms in total. The summed E-state index contributed by atoms with van der Waals surface area (Å²) in [6.07, 6.45) is 6.23. The second-order valence-electron chi connectivity index (χ2n) is 3.77. The van der Waals surface area contributed by atoms with Crippen molar-refractivity contribution in [1.82, 2.24) is 0 Å². The van der Waals surface area contributed by atoms with Crippen LogP contribution in [-0.2, 0) is 0 Å². The zero-order valence-electron chi connectivity index (χ0n) is 9.48. The van der Waals surface area contributed by atoms with Crippen molar-refractivity contribution in [3.8, 4) is 11.5 Å². The lowest BCUT2D eigenvalue weighted by Crippen LogP contribution is -2.11. The summed E-state index contributed by atoms with van der Waals surface area (Å²) in [7, 11) is 1.39. The van der Waals surface area contributed by atoms with Gasteiger partial charge in [0.25, 0.3) is 0 Å². The third-order valence-electron chi connectivity index (χ3n) is 2.68. The first-order chi connectivity index (χ1) is 8.26. The van der Waals surface area contributed by atoms with Crippen LogP contribution in [0.15, 0.2) is 24.3 Å². The summed E-state index contributed by atoms with van der Waals surface area (Å²) in [6.45, 7) is 0. The molecule has 0 bridgehead atoms. The molecule has 90 valence electrons. The molecule has 2 rings (SSSR count). The molecule has 1 aromatic carbocycles. The van der Waals surface area contributed by atoms with Crippen molar-refractivity contribution in [1.29, 1.82) is 0 Å². The second kappa shape index (κ2) is 4.99. The number of hydrogen-bond acceptors (Lipinski definition) is 3. The molecule has 1 aliphatic rings. The first-order valence-electron chi connectivity index (χ1n) is 5.41. The Kier molecular flexibility index (Phi) is 3.42. The zero-order valence-corrected chi connectivity index (χ0v) is 9.48. The minimum Gasteiger partial charge on any atom is -0.492 e. The summed E-state index contributed by atoms with van der Waals surface area (Å²) >= 11 is 0. The maximum absolute atomic E-state index is 13.4. The van der Waals surface area contributed by atoms with Crippen LogP contribution in [0.2, 0.25) is 0 Å². The highest BCUT2D eigenvalue weighted by Crippen LogP contribution is 2.33. The average Bonchev–Trinajstić information content (AvgIpc) is 2.83. The van der Waals surface area contributed by atoms with Crippen LogP contribution in [0.4, 0.5) is 4.39 Å². The summed E-state index contributed by atoms with van der Waals surface area (Å²) in [5.41, 5.74) is -0.105. The van der Waals surface area contributed by atoms with Crippen LogP contribution in [-0.4, -0.2) is 19.5 Å². The molecule has 0 N–H and O–H groups in total. The Morgan fingerprint density at radius 3 is 2.88 bits per heavy atom. The Hall–Kier alpha value is -1.84. The standard InChI is InChI=1S/C13H13FO3/c1-16-13-10(8-15)11(14)6-7-12(13)17-9-4-2-3-5-9/h2,4,6-9H,3,5H2,1H3. The molecule has 0 radical (unpaired) electrons. The highest BCUT2D eigenvalue weighted by molar-refractivity contribution is 5.81. The Morgan fingerprint density at radius 2 is 2.29 bits per heavy atom. The molecule has 0 spiro atoms. The number of methoxy groups -OCH3 is 1. The van der Waals surface area contributed by atoms with Crippen molar-refractivity contribution in [2.75, 3.05) is 7.11 Å². The number of rotatable bonds is 4. The van der Waals surface area contributed by atoms with E-state index in [0.29, 0.717) is 12.0 Å². The second-order valence-corrected chi connectivity index (χ2v) is 3.77. The fourth-order valence-corrected chi connectivity index (χ4v) is 1.83. The van der Waals surface area contributed by atoms with E-state index in [-0.39, 0.29) is 17.4 Å². The number of carbonyl (C=O) groups is 1. The number of hydrogen-bond donors (Lipinski definition) is 0. The quantitative estimate of drug-likeness (QED) is 0.595. The fraction of sp³-hybridized carbons (Fsp3) is 0.308. The van der Waals surface area contributed by atoms with Gasteiger partial charge in [0.05, 0.1) is 12.7 Å². The number of carbonyl (C=O) groups excluding carboxylic acids is 1. The van der Waals surface area contributed by atoms with Gasteiger partial charge in [-0.25, -0.2) is 4.39 Å². The molecule has 17 heavy (non-hydrogen) atoms. The molecule has 0 saturated carbocycles. The van der Waals surface area contributed by atoms with Gasteiger partial charge in [-0.1, -0.05) is 6.08 Å². The molecule has 0 saturated heterocycles. The van der Waals surface area contributed by atoms with Crippen LogP contribution < -0.4 is 9.47 Å². The van der Waals surface area contributed by atoms with Crippen LogP contribution in [0.1, 0.15) is 23.2 Å². The number of ether oxygens (including phenoxy) is 2. The van der Waals surface area contributed by atoms with E-state index in [0.717, 1.165) is 12.8 Å².